The molecule has 2 amide bonds. The summed E-state index contributed by atoms with van der Waals surface area (Å²) in [5.74, 6) is 0.709. The van der Waals surface area contributed by atoms with Crippen molar-refractivity contribution >= 4 is 11.8 Å². The highest BCUT2D eigenvalue weighted by atomic mass is 16.2. The first kappa shape index (κ1) is 13.8. The van der Waals surface area contributed by atoms with E-state index in [1.165, 1.54) is 0 Å². The van der Waals surface area contributed by atoms with Crippen LogP contribution in [0, 0.1) is 0 Å². The Morgan fingerprint density at radius 3 is 2.68 bits per heavy atom. The van der Waals surface area contributed by atoms with Crippen LogP contribution in [0.5, 0.6) is 0 Å². The number of hydrogen-bond acceptors (Lipinski definition) is 3. The fraction of sp³-hybridized carbons (Fsp3) is 0.571. The van der Waals surface area contributed by atoms with Crippen LogP contribution in [0.15, 0.2) is 18.3 Å². The smallest absolute Gasteiger partial charge is 0.321 e. The molecule has 1 fully saturated rings. The molecule has 0 radical (unpaired) electrons. The summed E-state index contributed by atoms with van der Waals surface area (Å²) < 4.78 is 0. The summed E-state index contributed by atoms with van der Waals surface area (Å²) in [5, 5.41) is 5.86. The number of urea groups is 1. The molecular weight excluding hydrogens is 240 g/mol. The first-order valence-electron chi connectivity index (χ1n) is 6.93. The number of piperidine rings is 1. The van der Waals surface area contributed by atoms with Crippen molar-refractivity contribution in [3.63, 3.8) is 0 Å². The van der Waals surface area contributed by atoms with Crippen LogP contribution in [0.4, 0.5) is 10.6 Å². The van der Waals surface area contributed by atoms with Crippen molar-refractivity contribution in [1.29, 1.82) is 0 Å². The van der Waals surface area contributed by atoms with Crippen LogP contribution in [0.2, 0.25) is 0 Å². The minimum Gasteiger partial charge on any atom is -0.328 e. The number of hydrogen-bond donors (Lipinski definition) is 2. The van der Waals surface area contributed by atoms with Gasteiger partial charge in [-0.15, -0.1) is 0 Å². The zero-order valence-corrected chi connectivity index (χ0v) is 11.9. The van der Waals surface area contributed by atoms with Gasteiger partial charge in [-0.2, -0.15) is 0 Å². The highest BCUT2D eigenvalue weighted by molar-refractivity contribution is 5.92. The van der Waals surface area contributed by atoms with Crippen molar-refractivity contribution in [2.75, 3.05) is 25.5 Å². The number of amides is 2. The van der Waals surface area contributed by atoms with Gasteiger partial charge >= 0.3 is 6.03 Å². The summed E-state index contributed by atoms with van der Waals surface area (Å²) in [6.07, 6.45) is 3.60. The third kappa shape index (κ3) is 2.56. The van der Waals surface area contributed by atoms with Gasteiger partial charge in [-0.25, -0.2) is 9.78 Å². The minimum absolute atomic E-state index is 0.138. The molecular formula is C14H22N4O. The van der Waals surface area contributed by atoms with Gasteiger partial charge in [-0.05, 0) is 26.0 Å². The first-order valence-corrected chi connectivity index (χ1v) is 6.93. The topological polar surface area (TPSA) is 57.3 Å². The van der Waals surface area contributed by atoms with E-state index in [2.05, 4.69) is 33.6 Å². The Labute approximate surface area is 114 Å². The molecule has 0 unspecified atom stereocenters. The summed E-state index contributed by atoms with van der Waals surface area (Å²) in [4.78, 5) is 18.2. The number of likely N-dealkylation sites (tertiary alicyclic amines) is 1. The summed E-state index contributed by atoms with van der Waals surface area (Å²) in [7, 11) is 2.11. The SMILES string of the molecule is CC.CN1CCC2(CC1)NC(=O)Nc1ncccc12. The summed E-state index contributed by atoms with van der Waals surface area (Å²) >= 11 is 0. The van der Waals surface area contributed by atoms with Crippen LogP contribution in [0.25, 0.3) is 0 Å². The van der Waals surface area contributed by atoms with E-state index in [9.17, 15) is 4.79 Å². The molecule has 3 heterocycles. The molecule has 1 aromatic rings. The fourth-order valence-electron chi connectivity index (χ4n) is 2.71. The van der Waals surface area contributed by atoms with Gasteiger partial charge < -0.3 is 10.2 Å². The van der Waals surface area contributed by atoms with Gasteiger partial charge in [0, 0.05) is 24.8 Å². The van der Waals surface area contributed by atoms with E-state index >= 15 is 0 Å². The zero-order valence-electron chi connectivity index (χ0n) is 11.9. The molecule has 5 heteroatoms. The average molecular weight is 262 g/mol. The molecule has 19 heavy (non-hydrogen) atoms. The molecule has 0 atom stereocenters. The third-order valence-corrected chi connectivity index (χ3v) is 3.75. The van der Waals surface area contributed by atoms with Gasteiger partial charge in [0.25, 0.3) is 0 Å². The molecule has 1 spiro atoms. The number of carbonyl (C=O) groups is 1. The van der Waals surface area contributed by atoms with Gasteiger partial charge in [0.2, 0.25) is 0 Å². The predicted octanol–water partition coefficient (Wildman–Crippen LogP) is 2.16. The van der Waals surface area contributed by atoms with E-state index in [4.69, 9.17) is 0 Å². The van der Waals surface area contributed by atoms with Gasteiger partial charge in [0.15, 0.2) is 0 Å². The molecule has 0 bridgehead atoms. The van der Waals surface area contributed by atoms with E-state index < -0.39 is 0 Å². The maximum absolute atomic E-state index is 11.7. The molecule has 2 N–H and O–H groups in total. The minimum atomic E-state index is -0.224. The normalized spacial score (nSPS) is 20.7. The van der Waals surface area contributed by atoms with Crippen molar-refractivity contribution in [3.8, 4) is 0 Å². The zero-order chi connectivity index (χ0) is 13.9. The average Bonchev–Trinajstić information content (AvgIpc) is 2.44. The lowest BCUT2D eigenvalue weighted by atomic mass is 9.80. The van der Waals surface area contributed by atoms with Crippen LogP contribution < -0.4 is 10.6 Å². The van der Waals surface area contributed by atoms with Crippen molar-refractivity contribution in [2.24, 2.45) is 0 Å². The van der Waals surface area contributed by atoms with E-state index in [0.717, 1.165) is 31.5 Å². The molecule has 0 saturated carbocycles. The van der Waals surface area contributed by atoms with Crippen LogP contribution in [-0.4, -0.2) is 36.1 Å². The molecule has 0 aliphatic carbocycles. The van der Waals surface area contributed by atoms with Crippen LogP contribution >= 0.6 is 0 Å². The Morgan fingerprint density at radius 1 is 1.32 bits per heavy atom. The van der Waals surface area contributed by atoms with Gasteiger partial charge in [-0.3, -0.25) is 5.32 Å². The lowest BCUT2D eigenvalue weighted by Crippen LogP contribution is -2.56. The Morgan fingerprint density at radius 2 is 2.00 bits per heavy atom. The molecule has 5 nitrogen and oxygen atoms in total. The first-order chi connectivity index (χ1) is 9.20. The molecule has 2 aliphatic rings. The number of carbonyl (C=O) groups excluding carboxylic acids is 1. The summed E-state index contributed by atoms with van der Waals surface area (Å²) in [6.45, 7) is 5.99. The molecule has 1 aromatic heterocycles. The van der Waals surface area contributed by atoms with Gasteiger partial charge in [0.05, 0.1) is 5.54 Å². The molecule has 104 valence electrons. The second-order valence-electron chi connectivity index (χ2n) is 4.86. The Kier molecular flexibility index (Phi) is 4.04. The molecule has 1 saturated heterocycles. The van der Waals surface area contributed by atoms with Gasteiger partial charge in [-0.1, -0.05) is 19.9 Å². The van der Waals surface area contributed by atoms with Crippen molar-refractivity contribution in [2.45, 2.75) is 32.2 Å². The van der Waals surface area contributed by atoms with Crippen molar-refractivity contribution in [1.82, 2.24) is 15.2 Å². The second-order valence-corrected chi connectivity index (χ2v) is 4.86. The monoisotopic (exact) mass is 262 g/mol. The Balaban J connectivity index is 0.000000637. The maximum atomic E-state index is 11.7. The van der Waals surface area contributed by atoms with Crippen LogP contribution in [0.3, 0.4) is 0 Å². The number of fused-ring (bicyclic) bond motifs is 2. The predicted molar refractivity (Wildman–Crippen MR) is 76.1 cm³/mol. The lowest BCUT2D eigenvalue weighted by molar-refractivity contribution is 0.157. The number of anilines is 1. The highest BCUT2D eigenvalue weighted by Gasteiger charge is 2.41. The lowest BCUT2D eigenvalue weighted by Gasteiger charge is -2.44. The van der Waals surface area contributed by atoms with Gasteiger partial charge in [0.1, 0.15) is 5.82 Å². The molecule has 0 aromatic carbocycles. The van der Waals surface area contributed by atoms with E-state index in [1.54, 1.807) is 6.20 Å². The van der Waals surface area contributed by atoms with E-state index in [1.807, 2.05) is 19.9 Å². The van der Waals surface area contributed by atoms with Crippen LogP contribution in [-0.2, 0) is 5.54 Å². The Bertz CT molecular complexity index is 453. The number of aromatic nitrogens is 1. The standard InChI is InChI=1S/C12H16N4O.C2H6/c1-16-7-4-12(5-8-16)9-3-2-6-13-10(9)14-11(17)15-12;1-2/h2-3,6H,4-5,7-8H2,1H3,(H2,13,14,15,17);1-2H3. The Hall–Kier alpha value is -1.62. The fourth-order valence-corrected chi connectivity index (χ4v) is 2.71. The number of rotatable bonds is 0. The summed E-state index contributed by atoms with van der Waals surface area (Å²) in [6, 6.07) is 3.85. The largest absolute Gasteiger partial charge is 0.328 e. The van der Waals surface area contributed by atoms with E-state index in [0.29, 0.717) is 5.82 Å². The third-order valence-electron chi connectivity index (χ3n) is 3.75. The highest BCUT2D eigenvalue weighted by Crippen LogP contribution is 2.38. The van der Waals surface area contributed by atoms with Crippen molar-refractivity contribution in [3.05, 3.63) is 23.9 Å². The molecule has 3 rings (SSSR count). The maximum Gasteiger partial charge on any atom is 0.321 e. The summed E-state index contributed by atoms with van der Waals surface area (Å²) in [5.41, 5.74) is 0.894. The number of nitrogens with one attached hydrogen (secondary N) is 2. The molecule has 2 aliphatic heterocycles. The number of nitrogens with zero attached hydrogens (tertiary/aromatic N) is 2. The van der Waals surface area contributed by atoms with E-state index in [-0.39, 0.29) is 11.6 Å². The quantitative estimate of drug-likeness (QED) is 0.753. The second kappa shape index (κ2) is 5.57. The number of pyridine rings is 1. The van der Waals surface area contributed by atoms with Crippen LogP contribution in [0.1, 0.15) is 32.3 Å². The van der Waals surface area contributed by atoms with Crippen molar-refractivity contribution < 1.29 is 4.79 Å².